The standard InChI is InChI=1S/C8H10N4O/c9-7(10)5-1-3-6(4-2-5)12-8(11)13/h1-4H,(H3,9,10)(H3,11,12,13). The second kappa shape index (κ2) is 3.57. The quantitative estimate of drug-likeness (QED) is 0.390. The molecule has 0 bridgehead atoms. The monoisotopic (exact) mass is 178 g/mol. The van der Waals surface area contributed by atoms with Crippen LogP contribution in [0.5, 0.6) is 0 Å². The average Bonchev–Trinajstić information content (AvgIpc) is 2.04. The lowest BCUT2D eigenvalue weighted by atomic mass is 10.2. The fourth-order valence-corrected chi connectivity index (χ4v) is 0.875. The number of carbonyl (C=O) groups excluding carboxylic acids is 1. The van der Waals surface area contributed by atoms with Crippen LogP contribution in [-0.2, 0) is 0 Å². The topological polar surface area (TPSA) is 105 Å². The maximum Gasteiger partial charge on any atom is 0.316 e. The van der Waals surface area contributed by atoms with Crippen molar-refractivity contribution in [1.82, 2.24) is 0 Å². The number of carbonyl (C=O) groups is 1. The van der Waals surface area contributed by atoms with Gasteiger partial charge in [0.1, 0.15) is 5.84 Å². The summed E-state index contributed by atoms with van der Waals surface area (Å²) in [5.74, 6) is -0.00868. The maximum atomic E-state index is 10.4. The van der Waals surface area contributed by atoms with Gasteiger partial charge in [-0.25, -0.2) is 4.79 Å². The van der Waals surface area contributed by atoms with Gasteiger partial charge in [-0.2, -0.15) is 0 Å². The second-order valence-electron chi connectivity index (χ2n) is 2.48. The van der Waals surface area contributed by atoms with Crippen molar-refractivity contribution in [3.05, 3.63) is 29.8 Å². The summed E-state index contributed by atoms with van der Waals surface area (Å²) in [5, 5.41) is 9.51. The van der Waals surface area contributed by atoms with Gasteiger partial charge in [0.05, 0.1) is 0 Å². The fourth-order valence-electron chi connectivity index (χ4n) is 0.875. The number of nitrogen functional groups attached to an aromatic ring is 1. The number of hydrogen-bond acceptors (Lipinski definition) is 2. The van der Waals surface area contributed by atoms with Gasteiger partial charge in [-0.05, 0) is 24.3 Å². The molecule has 0 spiro atoms. The molecule has 5 nitrogen and oxygen atoms in total. The third-order valence-electron chi connectivity index (χ3n) is 1.46. The van der Waals surface area contributed by atoms with Crippen LogP contribution in [0.15, 0.2) is 24.3 Å². The van der Waals surface area contributed by atoms with E-state index in [0.717, 1.165) is 0 Å². The lowest BCUT2D eigenvalue weighted by molar-refractivity contribution is 0.259. The first-order chi connectivity index (χ1) is 6.09. The Morgan fingerprint density at radius 2 is 1.77 bits per heavy atom. The van der Waals surface area contributed by atoms with Crippen LogP contribution in [-0.4, -0.2) is 11.9 Å². The molecule has 0 aliphatic heterocycles. The van der Waals surface area contributed by atoms with E-state index in [-0.39, 0.29) is 5.84 Å². The van der Waals surface area contributed by atoms with Crippen LogP contribution < -0.4 is 16.8 Å². The van der Waals surface area contributed by atoms with Crippen LogP contribution >= 0.6 is 0 Å². The van der Waals surface area contributed by atoms with E-state index in [9.17, 15) is 4.79 Å². The van der Waals surface area contributed by atoms with Crippen molar-refractivity contribution in [2.24, 2.45) is 11.5 Å². The van der Waals surface area contributed by atoms with Crippen molar-refractivity contribution in [2.75, 3.05) is 5.32 Å². The Hall–Kier alpha value is -2.04. The highest BCUT2D eigenvalue weighted by Gasteiger charge is 1.97. The van der Waals surface area contributed by atoms with Gasteiger partial charge in [0.25, 0.3) is 0 Å². The van der Waals surface area contributed by atoms with Crippen LogP contribution in [0.4, 0.5) is 10.5 Å². The second-order valence-corrected chi connectivity index (χ2v) is 2.48. The Morgan fingerprint density at radius 3 is 2.15 bits per heavy atom. The molecule has 0 aromatic heterocycles. The first kappa shape index (κ1) is 9.05. The highest BCUT2D eigenvalue weighted by molar-refractivity contribution is 5.95. The molecule has 0 aliphatic carbocycles. The summed E-state index contributed by atoms with van der Waals surface area (Å²) >= 11 is 0. The van der Waals surface area contributed by atoms with Crippen molar-refractivity contribution in [3.8, 4) is 0 Å². The first-order valence-corrected chi connectivity index (χ1v) is 3.60. The van der Waals surface area contributed by atoms with E-state index in [2.05, 4.69) is 5.32 Å². The zero-order valence-corrected chi connectivity index (χ0v) is 6.87. The van der Waals surface area contributed by atoms with Crippen molar-refractivity contribution < 1.29 is 4.79 Å². The number of rotatable bonds is 2. The normalized spacial score (nSPS) is 9.23. The van der Waals surface area contributed by atoms with E-state index < -0.39 is 6.03 Å². The summed E-state index contributed by atoms with van der Waals surface area (Å²) in [6, 6.07) is 5.90. The predicted octanol–water partition coefficient (Wildman–Crippen LogP) is 0.461. The van der Waals surface area contributed by atoms with E-state index in [1.807, 2.05) is 0 Å². The van der Waals surface area contributed by atoms with Gasteiger partial charge < -0.3 is 16.8 Å². The summed E-state index contributed by atoms with van der Waals surface area (Å²) in [6.07, 6.45) is 0. The molecule has 0 atom stereocenters. The fraction of sp³-hybridized carbons (Fsp3) is 0. The highest BCUT2D eigenvalue weighted by atomic mass is 16.2. The van der Waals surface area contributed by atoms with E-state index in [0.29, 0.717) is 11.3 Å². The molecule has 0 saturated heterocycles. The highest BCUT2D eigenvalue weighted by Crippen LogP contribution is 2.08. The number of primary amides is 1. The minimum Gasteiger partial charge on any atom is -0.384 e. The van der Waals surface area contributed by atoms with Crippen molar-refractivity contribution in [3.63, 3.8) is 0 Å². The Balaban J connectivity index is 2.81. The summed E-state index contributed by atoms with van der Waals surface area (Å²) in [4.78, 5) is 10.4. The van der Waals surface area contributed by atoms with Gasteiger partial charge in [-0.3, -0.25) is 5.41 Å². The van der Waals surface area contributed by atoms with Crippen LogP contribution in [0.25, 0.3) is 0 Å². The van der Waals surface area contributed by atoms with Crippen LogP contribution in [0.3, 0.4) is 0 Å². The Labute approximate surface area is 75.2 Å². The zero-order chi connectivity index (χ0) is 9.84. The number of hydrogen-bond donors (Lipinski definition) is 4. The molecule has 1 rings (SSSR count). The molecule has 5 heteroatoms. The third kappa shape index (κ3) is 2.48. The van der Waals surface area contributed by atoms with Gasteiger partial charge in [0.15, 0.2) is 0 Å². The van der Waals surface area contributed by atoms with E-state index >= 15 is 0 Å². The van der Waals surface area contributed by atoms with Crippen molar-refractivity contribution in [1.29, 1.82) is 5.41 Å². The molecular formula is C8H10N4O. The Morgan fingerprint density at radius 1 is 1.23 bits per heavy atom. The van der Waals surface area contributed by atoms with Gasteiger partial charge in [0, 0.05) is 11.3 Å². The summed E-state index contributed by atoms with van der Waals surface area (Å²) in [5.41, 5.74) is 11.3. The zero-order valence-electron chi connectivity index (χ0n) is 6.87. The number of nitrogens with two attached hydrogens (primary N) is 2. The molecule has 0 saturated carbocycles. The van der Waals surface area contributed by atoms with Crippen LogP contribution in [0.2, 0.25) is 0 Å². The number of urea groups is 1. The van der Waals surface area contributed by atoms with Crippen molar-refractivity contribution >= 4 is 17.6 Å². The molecule has 13 heavy (non-hydrogen) atoms. The summed E-state index contributed by atoms with van der Waals surface area (Å²) < 4.78 is 0. The lowest BCUT2D eigenvalue weighted by Gasteiger charge is -2.02. The number of benzene rings is 1. The molecule has 1 aromatic carbocycles. The SMILES string of the molecule is N=C(N)c1ccc(NC(N)=O)cc1. The first-order valence-electron chi connectivity index (χ1n) is 3.60. The molecule has 2 amide bonds. The van der Waals surface area contributed by atoms with Gasteiger partial charge in [0.2, 0.25) is 0 Å². The summed E-state index contributed by atoms with van der Waals surface area (Å²) in [7, 11) is 0. The van der Waals surface area contributed by atoms with Gasteiger partial charge >= 0.3 is 6.03 Å². The molecular weight excluding hydrogens is 168 g/mol. The minimum absolute atomic E-state index is 0.00868. The largest absolute Gasteiger partial charge is 0.384 e. The molecule has 68 valence electrons. The lowest BCUT2D eigenvalue weighted by Crippen LogP contribution is -2.19. The average molecular weight is 178 g/mol. The summed E-state index contributed by atoms with van der Waals surface area (Å²) in [6.45, 7) is 0. The smallest absolute Gasteiger partial charge is 0.316 e. The number of anilines is 1. The number of nitrogens with one attached hydrogen (secondary N) is 2. The van der Waals surface area contributed by atoms with E-state index in [4.69, 9.17) is 16.9 Å². The Bertz CT molecular complexity index is 331. The maximum absolute atomic E-state index is 10.4. The molecule has 0 fully saturated rings. The van der Waals surface area contributed by atoms with E-state index in [1.165, 1.54) is 0 Å². The molecule has 0 heterocycles. The van der Waals surface area contributed by atoms with Gasteiger partial charge in [-0.1, -0.05) is 0 Å². The minimum atomic E-state index is -0.615. The Kier molecular flexibility index (Phi) is 2.49. The van der Waals surface area contributed by atoms with Gasteiger partial charge in [-0.15, -0.1) is 0 Å². The van der Waals surface area contributed by atoms with Crippen LogP contribution in [0, 0.1) is 5.41 Å². The van der Waals surface area contributed by atoms with E-state index in [1.54, 1.807) is 24.3 Å². The van der Waals surface area contributed by atoms with Crippen molar-refractivity contribution in [2.45, 2.75) is 0 Å². The third-order valence-corrected chi connectivity index (χ3v) is 1.46. The molecule has 6 N–H and O–H groups in total. The molecule has 1 aromatic rings. The molecule has 0 aliphatic rings. The predicted molar refractivity (Wildman–Crippen MR) is 50.7 cm³/mol. The number of amides is 2. The molecule has 0 radical (unpaired) electrons. The van der Waals surface area contributed by atoms with Crippen LogP contribution in [0.1, 0.15) is 5.56 Å². The number of amidine groups is 1. The molecule has 0 unspecified atom stereocenters.